The Labute approximate surface area is 203 Å². The fourth-order valence-corrected chi connectivity index (χ4v) is 4.95. The quantitative estimate of drug-likeness (QED) is 0.405. The van der Waals surface area contributed by atoms with Gasteiger partial charge < -0.3 is 10.1 Å². The molecule has 174 valence electrons. The highest BCUT2D eigenvalue weighted by molar-refractivity contribution is 9.10. The topological polar surface area (TPSA) is 75.7 Å². The Kier molecular flexibility index (Phi) is 9.05. The molecular formula is C25H27BrN2O4S. The molecule has 0 saturated carbocycles. The lowest BCUT2D eigenvalue weighted by Gasteiger charge is -2.22. The molecule has 0 fully saturated rings. The zero-order chi connectivity index (χ0) is 23.7. The molecule has 0 radical (unpaired) electrons. The highest BCUT2D eigenvalue weighted by Gasteiger charge is 2.26. The van der Waals surface area contributed by atoms with Crippen LogP contribution in [0.25, 0.3) is 0 Å². The zero-order valence-electron chi connectivity index (χ0n) is 18.4. The van der Waals surface area contributed by atoms with E-state index < -0.39 is 10.0 Å². The summed E-state index contributed by atoms with van der Waals surface area (Å²) in [6.07, 6.45) is 1.15. The Bertz CT molecular complexity index is 1140. The number of hydrogen-bond acceptors (Lipinski definition) is 4. The number of halogens is 1. The van der Waals surface area contributed by atoms with Gasteiger partial charge in [0, 0.05) is 17.6 Å². The Hall–Kier alpha value is -2.68. The minimum Gasteiger partial charge on any atom is -0.497 e. The molecule has 1 N–H and O–H groups in total. The van der Waals surface area contributed by atoms with E-state index in [1.54, 1.807) is 19.2 Å². The first-order valence-electron chi connectivity index (χ1n) is 10.6. The molecule has 3 rings (SSSR count). The number of ether oxygens (including phenoxy) is 1. The standard InChI is InChI=1S/C25H27BrN2O4S/c1-32-23-11-7-21(8-12-23)15-17-27-25(29)19-28(18-16-20-5-3-2-4-6-20)33(30,31)24-13-9-22(26)10-14-24/h2-14H,15-19H2,1H3,(H,27,29). The van der Waals surface area contributed by atoms with Crippen LogP contribution in [-0.4, -0.2) is 45.4 Å². The molecule has 0 unspecified atom stereocenters. The van der Waals surface area contributed by atoms with Crippen molar-refractivity contribution < 1.29 is 17.9 Å². The van der Waals surface area contributed by atoms with Gasteiger partial charge in [0.25, 0.3) is 0 Å². The van der Waals surface area contributed by atoms with Gasteiger partial charge in [0.2, 0.25) is 15.9 Å². The van der Waals surface area contributed by atoms with Crippen LogP contribution in [0.1, 0.15) is 11.1 Å². The van der Waals surface area contributed by atoms with Crippen LogP contribution >= 0.6 is 15.9 Å². The van der Waals surface area contributed by atoms with Crippen molar-refractivity contribution in [2.45, 2.75) is 17.7 Å². The van der Waals surface area contributed by atoms with E-state index in [9.17, 15) is 13.2 Å². The van der Waals surface area contributed by atoms with Crippen LogP contribution in [0.15, 0.2) is 88.2 Å². The van der Waals surface area contributed by atoms with Gasteiger partial charge in [0.15, 0.2) is 0 Å². The Morgan fingerprint density at radius 3 is 2.18 bits per heavy atom. The van der Waals surface area contributed by atoms with Gasteiger partial charge in [-0.1, -0.05) is 58.4 Å². The Morgan fingerprint density at radius 1 is 0.909 bits per heavy atom. The minimum atomic E-state index is -3.83. The van der Waals surface area contributed by atoms with Crippen LogP contribution in [0.4, 0.5) is 0 Å². The molecule has 0 aromatic heterocycles. The van der Waals surface area contributed by atoms with Crippen LogP contribution < -0.4 is 10.1 Å². The van der Waals surface area contributed by atoms with Crippen molar-refractivity contribution in [1.82, 2.24) is 9.62 Å². The van der Waals surface area contributed by atoms with Crippen molar-refractivity contribution in [3.8, 4) is 5.75 Å². The predicted molar refractivity (Wildman–Crippen MR) is 133 cm³/mol. The Balaban J connectivity index is 1.65. The van der Waals surface area contributed by atoms with Gasteiger partial charge in [0.05, 0.1) is 18.6 Å². The summed E-state index contributed by atoms with van der Waals surface area (Å²) in [6, 6.07) is 23.7. The Morgan fingerprint density at radius 2 is 1.55 bits per heavy atom. The molecule has 0 atom stereocenters. The second-order valence-corrected chi connectivity index (χ2v) is 10.3. The maximum atomic E-state index is 13.3. The number of nitrogens with one attached hydrogen (secondary N) is 1. The summed E-state index contributed by atoms with van der Waals surface area (Å²) in [5.41, 5.74) is 2.06. The molecule has 8 heteroatoms. The number of nitrogens with zero attached hydrogens (tertiary/aromatic N) is 1. The summed E-state index contributed by atoms with van der Waals surface area (Å²) in [4.78, 5) is 12.8. The first-order chi connectivity index (χ1) is 15.9. The number of carbonyl (C=O) groups is 1. The summed E-state index contributed by atoms with van der Waals surface area (Å²) >= 11 is 3.33. The smallest absolute Gasteiger partial charge is 0.243 e. The normalized spacial score (nSPS) is 11.4. The second kappa shape index (κ2) is 12.0. The largest absolute Gasteiger partial charge is 0.497 e. The van der Waals surface area contributed by atoms with E-state index in [0.717, 1.165) is 21.3 Å². The monoisotopic (exact) mass is 530 g/mol. The molecule has 3 aromatic rings. The van der Waals surface area contributed by atoms with Crippen molar-refractivity contribution in [1.29, 1.82) is 0 Å². The lowest BCUT2D eigenvalue weighted by Crippen LogP contribution is -2.42. The molecule has 33 heavy (non-hydrogen) atoms. The van der Waals surface area contributed by atoms with Crippen molar-refractivity contribution in [2.75, 3.05) is 26.7 Å². The summed E-state index contributed by atoms with van der Waals surface area (Å²) < 4.78 is 33.7. The second-order valence-electron chi connectivity index (χ2n) is 7.48. The SMILES string of the molecule is COc1ccc(CCNC(=O)CN(CCc2ccccc2)S(=O)(=O)c2ccc(Br)cc2)cc1. The number of hydrogen-bond donors (Lipinski definition) is 1. The number of sulfonamides is 1. The lowest BCUT2D eigenvalue weighted by molar-refractivity contribution is -0.121. The van der Waals surface area contributed by atoms with Crippen LogP contribution in [-0.2, 0) is 27.7 Å². The van der Waals surface area contributed by atoms with Gasteiger partial charge in [0.1, 0.15) is 5.75 Å². The average molecular weight is 531 g/mol. The summed E-state index contributed by atoms with van der Waals surface area (Å²) in [7, 11) is -2.22. The molecule has 6 nitrogen and oxygen atoms in total. The first kappa shape index (κ1) is 25.0. The van der Waals surface area contributed by atoms with E-state index in [1.807, 2.05) is 54.6 Å². The van der Waals surface area contributed by atoms with E-state index in [2.05, 4.69) is 21.2 Å². The van der Waals surface area contributed by atoms with Gasteiger partial charge in [-0.05, 0) is 60.4 Å². The highest BCUT2D eigenvalue weighted by Crippen LogP contribution is 2.19. The summed E-state index contributed by atoms with van der Waals surface area (Å²) in [5, 5.41) is 2.84. The summed E-state index contributed by atoms with van der Waals surface area (Å²) in [5.74, 6) is 0.437. The van der Waals surface area contributed by atoms with Crippen molar-refractivity contribution >= 4 is 31.9 Å². The molecule has 0 aliphatic rings. The van der Waals surface area contributed by atoms with E-state index in [-0.39, 0.29) is 23.9 Å². The zero-order valence-corrected chi connectivity index (χ0v) is 20.8. The van der Waals surface area contributed by atoms with Crippen LogP contribution in [0.5, 0.6) is 5.75 Å². The van der Waals surface area contributed by atoms with Crippen LogP contribution in [0.2, 0.25) is 0 Å². The fourth-order valence-electron chi connectivity index (χ4n) is 3.29. The molecule has 0 spiro atoms. The van der Waals surface area contributed by atoms with E-state index >= 15 is 0 Å². The third kappa shape index (κ3) is 7.42. The molecule has 1 amide bonds. The van der Waals surface area contributed by atoms with Crippen molar-refractivity contribution in [2.24, 2.45) is 0 Å². The third-order valence-corrected chi connectivity index (χ3v) is 7.55. The number of carbonyl (C=O) groups excluding carboxylic acids is 1. The lowest BCUT2D eigenvalue weighted by atomic mass is 10.1. The molecule has 0 heterocycles. The number of benzene rings is 3. The molecule has 3 aromatic carbocycles. The molecule has 0 saturated heterocycles. The van der Waals surface area contributed by atoms with Gasteiger partial charge in [-0.25, -0.2) is 8.42 Å². The maximum absolute atomic E-state index is 13.3. The molecule has 0 aliphatic carbocycles. The average Bonchev–Trinajstić information content (AvgIpc) is 2.83. The van der Waals surface area contributed by atoms with Crippen LogP contribution in [0, 0.1) is 0 Å². The van der Waals surface area contributed by atoms with Gasteiger partial charge in [-0.15, -0.1) is 0 Å². The third-order valence-electron chi connectivity index (χ3n) is 5.16. The maximum Gasteiger partial charge on any atom is 0.243 e. The van der Waals surface area contributed by atoms with Gasteiger partial charge >= 0.3 is 0 Å². The number of methoxy groups -OCH3 is 1. The minimum absolute atomic E-state index is 0.157. The summed E-state index contributed by atoms with van der Waals surface area (Å²) in [6.45, 7) is 0.373. The van der Waals surface area contributed by atoms with Crippen molar-refractivity contribution in [3.05, 3.63) is 94.5 Å². The fraction of sp³-hybridized carbons (Fsp3) is 0.240. The number of rotatable bonds is 11. The van der Waals surface area contributed by atoms with Crippen LogP contribution in [0.3, 0.4) is 0 Å². The predicted octanol–water partition coefficient (Wildman–Crippen LogP) is 4.05. The van der Waals surface area contributed by atoms with Gasteiger partial charge in [-0.2, -0.15) is 4.31 Å². The highest BCUT2D eigenvalue weighted by atomic mass is 79.9. The van der Waals surface area contributed by atoms with E-state index in [4.69, 9.17) is 4.74 Å². The number of amides is 1. The first-order valence-corrected chi connectivity index (χ1v) is 12.8. The van der Waals surface area contributed by atoms with Crippen molar-refractivity contribution in [3.63, 3.8) is 0 Å². The molecular weight excluding hydrogens is 504 g/mol. The molecule has 0 aliphatic heterocycles. The van der Waals surface area contributed by atoms with Gasteiger partial charge in [-0.3, -0.25) is 4.79 Å². The van der Waals surface area contributed by atoms with E-state index in [0.29, 0.717) is 19.4 Å². The van der Waals surface area contributed by atoms with E-state index in [1.165, 1.54) is 16.4 Å². The molecule has 0 bridgehead atoms.